The topological polar surface area (TPSA) is 63.2 Å². The quantitative estimate of drug-likeness (QED) is 0.754. The van der Waals surface area contributed by atoms with E-state index in [1.54, 1.807) is 7.11 Å². The highest BCUT2D eigenvalue weighted by molar-refractivity contribution is 5.94. The molecule has 24 heavy (non-hydrogen) atoms. The van der Waals surface area contributed by atoms with E-state index in [9.17, 15) is 4.79 Å². The molecular weight excluding hydrogens is 302 g/mol. The number of aryl methyl sites for hydroxylation is 1. The van der Waals surface area contributed by atoms with Crippen LogP contribution in [0.25, 0.3) is 10.9 Å². The number of pyridine rings is 1. The van der Waals surface area contributed by atoms with Crippen LogP contribution in [0, 0.1) is 6.92 Å². The van der Waals surface area contributed by atoms with Crippen LogP contribution in [0.3, 0.4) is 0 Å². The Kier molecular flexibility index (Phi) is 4.33. The highest BCUT2D eigenvalue weighted by Crippen LogP contribution is 2.29. The van der Waals surface area contributed by atoms with E-state index in [1.807, 2.05) is 55.5 Å². The first kappa shape index (κ1) is 15.8. The summed E-state index contributed by atoms with van der Waals surface area (Å²) in [7, 11) is 1.65. The largest absolute Gasteiger partial charge is 0.497 e. The van der Waals surface area contributed by atoms with Gasteiger partial charge < -0.3 is 15.4 Å². The van der Waals surface area contributed by atoms with Gasteiger partial charge in [-0.25, -0.2) is 0 Å². The Morgan fingerprint density at radius 1 is 1.04 bits per heavy atom. The molecule has 1 aromatic heterocycles. The third-order valence-electron chi connectivity index (χ3n) is 3.63. The normalized spacial score (nSPS) is 10.5. The molecule has 0 unspecified atom stereocenters. The molecule has 0 saturated carbocycles. The first-order valence-corrected chi connectivity index (χ1v) is 7.65. The minimum Gasteiger partial charge on any atom is -0.497 e. The fraction of sp³-hybridized carbons (Fsp3) is 0.158. The highest BCUT2D eigenvalue weighted by atomic mass is 16.5. The first-order chi connectivity index (χ1) is 11.5. The zero-order chi connectivity index (χ0) is 17.1. The molecule has 3 aromatic rings. The minimum atomic E-state index is -0.0830. The smallest absolute Gasteiger partial charge is 0.221 e. The lowest BCUT2D eigenvalue weighted by atomic mass is 10.1. The third-order valence-corrected chi connectivity index (χ3v) is 3.63. The first-order valence-electron chi connectivity index (χ1n) is 7.65. The second kappa shape index (κ2) is 6.58. The van der Waals surface area contributed by atoms with Crippen molar-refractivity contribution >= 4 is 33.9 Å². The second-order valence-electron chi connectivity index (χ2n) is 5.58. The number of anilines is 3. The van der Waals surface area contributed by atoms with Crippen molar-refractivity contribution in [2.45, 2.75) is 13.8 Å². The molecule has 3 rings (SSSR count). The molecule has 0 atom stereocenters. The standard InChI is InChI=1S/C19H19N3O2/c1-12-10-18(17-9-8-16(24-3)11-19(17)20-12)22-15-6-4-14(5-7-15)21-13(2)23/h4-11H,1-3H3,(H,20,22)(H,21,23). The van der Waals surface area contributed by atoms with E-state index in [1.165, 1.54) is 6.92 Å². The van der Waals surface area contributed by atoms with Crippen LogP contribution < -0.4 is 15.4 Å². The van der Waals surface area contributed by atoms with Gasteiger partial charge in [-0.3, -0.25) is 9.78 Å². The number of hydrogen-bond acceptors (Lipinski definition) is 4. The molecule has 0 radical (unpaired) electrons. The number of fused-ring (bicyclic) bond motifs is 1. The number of nitrogens with zero attached hydrogens (tertiary/aromatic N) is 1. The molecule has 0 fully saturated rings. The Morgan fingerprint density at radius 2 is 1.75 bits per heavy atom. The molecule has 2 N–H and O–H groups in total. The Labute approximate surface area is 140 Å². The molecule has 2 aromatic carbocycles. The summed E-state index contributed by atoms with van der Waals surface area (Å²) in [5.74, 6) is 0.701. The molecule has 0 bridgehead atoms. The van der Waals surface area contributed by atoms with Crippen molar-refractivity contribution in [3.63, 3.8) is 0 Å². The number of carbonyl (C=O) groups excluding carboxylic acids is 1. The SMILES string of the molecule is COc1ccc2c(Nc3ccc(NC(C)=O)cc3)cc(C)nc2c1. The van der Waals surface area contributed by atoms with Crippen molar-refractivity contribution in [2.75, 3.05) is 17.7 Å². The number of methoxy groups -OCH3 is 1. The van der Waals surface area contributed by atoms with Gasteiger partial charge in [0.2, 0.25) is 5.91 Å². The van der Waals surface area contributed by atoms with E-state index < -0.39 is 0 Å². The van der Waals surface area contributed by atoms with E-state index in [-0.39, 0.29) is 5.91 Å². The zero-order valence-corrected chi connectivity index (χ0v) is 13.9. The predicted octanol–water partition coefficient (Wildman–Crippen LogP) is 4.25. The monoisotopic (exact) mass is 321 g/mol. The summed E-state index contributed by atoms with van der Waals surface area (Å²) in [6.07, 6.45) is 0. The summed E-state index contributed by atoms with van der Waals surface area (Å²) in [4.78, 5) is 15.6. The van der Waals surface area contributed by atoms with Crippen LogP contribution in [0.5, 0.6) is 5.75 Å². The summed E-state index contributed by atoms with van der Waals surface area (Å²) >= 11 is 0. The minimum absolute atomic E-state index is 0.0830. The molecule has 0 aliphatic rings. The van der Waals surface area contributed by atoms with Crippen molar-refractivity contribution in [1.82, 2.24) is 4.98 Å². The van der Waals surface area contributed by atoms with Gasteiger partial charge in [0.05, 0.1) is 12.6 Å². The highest BCUT2D eigenvalue weighted by Gasteiger charge is 2.06. The lowest BCUT2D eigenvalue weighted by Crippen LogP contribution is -2.05. The van der Waals surface area contributed by atoms with Crippen LogP contribution in [-0.2, 0) is 4.79 Å². The molecule has 0 aliphatic heterocycles. The Bertz CT molecular complexity index is 889. The van der Waals surface area contributed by atoms with Gasteiger partial charge in [-0.1, -0.05) is 0 Å². The summed E-state index contributed by atoms with van der Waals surface area (Å²) in [5.41, 5.74) is 4.49. The number of rotatable bonds is 4. The fourth-order valence-electron chi connectivity index (χ4n) is 2.57. The predicted molar refractivity (Wildman–Crippen MR) is 97.1 cm³/mol. The van der Waals surface area contributed by atoms with Crippen LogP contribution in [0.1, 0.15) is 12.6 Å². The Morgan fingerprint density at radius 3 is 2.42 bits per heavy atom. The van der Waals surface area contributed by atoms with Gasteiger partial charge in [0.25, 0.3) is 0 Å². The molecule has 0 saturated heterocycles. The van der Waals surface area contributed by atoms with Crippen LogP contribution in [0.15, 0.2) is 48.5 Å². The van der Waals surface area contributed by atoms with Crippen LogP contribution >= 0.6 is 0 Å². The molecule has 1 amide bonds. The molecular formula is C19H19N3O2. The molecule has 1 heterocycles. The van der Waals surface area contributed by atoms with Crippen molar-refractivity contribution in [2.24, 2.45) is 0 Å². The average molecular weight is 321 g/mol. The molecule has 5 heteroatoms. The lowest BCUT2D eigenvalue weighted by molar-refractivity contribution is -0.114. The van der Waals surface area contributed by atoms with Crippen molar-refractivity contribution in [1.29, 1.82) is 0 Å². The maximum Gasteiger partial charge on any atom is 0.221 e. The van der Waals surface area contributed by atoms with Gasteiger partial charge in [-0.05, 0) is 49.4 Å². The van der Waals surface area contributed by atoms with E-state index in [0.717, 1.165) is 39.4 Å². The van der Waals surface area contributed by atoms with E-state index >= 15 is 0 Å². The zero-order valence-electron chi connectivity index (χ0n) is 13.9. The average Bonchev–Trinajstić information content (AvgIpc) is 2.55. The van der Waals surface area contributed by atoms with Crippen LogP contribution in [0.2, 0.25) is 0 Å². The van der Waals surface area contributed by atoms with Gasteiger partial charge in [0.1, 0.15) is 5.75 Å². The fourth-order valence-corrected chi connectivity index (χ4v) is 2.57. The van der Waals surface area contributed by atoms with Gasteiger partial charge in [0, 0.05) is 41.1 Å². The summed E-state index contributed by atoms with van der Waals surface area (Å²) in [6.45, 7) is 3.45. The maximum absolute atomic E-state index is 11.1. The number of amides is 1. The number of aromatic nitrogens is 1. The van der Waals surface area contributed by atoms with Crippen molar-refractivity contribution < 1.29 is 9.53 Å². The summed E-state index contributed by atoms with van der Waals surface area (Å²) in [6, 6.07) is 15.4. The number of benzene rings is 2. The van der Waals surface area contributed by atoms with Gasteiger partial charge >= 0.3 is 0 Å². The Hall–Kier alpha value is -3.08. The summed E-state index contributed by atoms with van der Waals surface area (Å²) < 4.78 is 5.27. The number of ether oxygens (including phenoxy) is 1. The third kappa shape index (κ3) is 3.46. The van der Waals surface area contributed by atoms with Crippen LogP contribution in [-0.4, -0.2) is 18.0 Å². The van der Waals surface area contributed by atoms with Gasteiger partial charge in [-0.2, -0.15) is 0 Å². The van der Waals surface area contributed by atoms with Crippen LogP contribution in [0.4, 0.5) is 17.1 Å². The number of hydrogen-bond donors (Lipinski definition) is 2. The maximum atomic E-state index is 11.1. The van der Waals surface area contributed by atoms with E-state index in [0.29, 0.717) is 0 Å². The molecule has 5 nitrogen and oxygen atoms in total. The van der Waals surface area contributed by atoms with E-state index in [2.05, 4.69) is 15.6 Å². The molecule has 122 valence electrons. The van der Waals surface area contributed by atoms with Crippen molar-refractivity contribution in [3.05, 3.63) is 54.2 Å². The second-order valence-corrected chi connectivity index (χ2v) is 5.58. The summed E-state index contributed by atoms with van der Waals surface area (Å²) in [5, 5.41) is 7.19. The van der Waals surface area contributed by atoms with Gasteiger partial charge in [-0.15, -0.1) is 0 Å². The number of carbonyl (C=O) groups is 1. The molecule has 0 spiro atoms. The van der Waals surface area contributed by atoms with E-state index in [4.69, 9.17) is 4.74 Å². The van der Waals surface area contributed by atoms with Gasteiger partial charge in [0.15, 0.2) is 0 Å². The molecule has 0 aliphatic carbocycles. The van der Waals surface area contributed by atoms with Crippen molar-refractivity contribution in [3.8, 4) is 5.75 Å². The Balaban J connectivity index is 1.93. The lowest BCUT2D eigenvalue weighted by Gasteiger charge is -2.12. The number of nitrogens with one attached hydrogen (secondary N) is 2.